The molecule has 1 saturated heterocycles. The standard InChI is InChI=1S/C9H16N4O/c1-7-11-12-8(14-7)13-5-4-10-6-9(13,2)3/h10H,4-6H2,1-3H3. The van der Waals surface area contributed by atoms with E-state index in [0.717, 1.165) is 19.6 Å². The van der Waals surface area contributed by atoms with Crippen LogP contribution in [-0.4, -0.2) is 35.4 Å². The summed E-state index contributed by atoms with van der Waals surface area (Å²) in [5, 5.41) is 11.2. The van der Waals surface area contributed by atoms with Gasteiger partial charge in [0, 0.05) is 26.6 Å². The van der Waals surface area contributed by atoms with Gasteiger partial charge in [-0.1, -0.05) is 5.10 Å². The summed E-state index contributed by atoms with van der Waals surface area (Å²) < 4.78 is 5.43. The topological polar surface area (TPSA) is 54.2 Å². The Labute approximate surface area is 83.5 Å². The second kappa shape index (κ2) is 3.24. The summed E-state index contributed by atoms with van der Waals surface area (Å²) in [7, 11) is 0. The summed E-state index contributed by atoms with van der Waals surface area (Å²) in [5.74, 6) is 0.620. The van der Waals surface area contributed by atoms with E-state index in [1.54, 1.807) is 0 Å². The van der Waals surface area contributed by atoms with Gasteiger partial charge < -0.3 is 14.6 Å². The molecule has 0 saturated carbocycles. The lowest BCUT2D eigenvalue weighted by molar-refractivity contribution is 0.349. The van der Waals surface area contributed by atoms with Crippen molar-refractivity contribution in [3.05, 3.63) is 5.89 Å². The molecule has 0 radical (unpaired) electrons. The van der Waals surface area contributed by atoms with Crippen LogP contribution in [0.1, 0.15) is 19.7 Å². The van der Waals surface area contributed by atoms with Gasteiger partial charge in [0.2, 0.25) is 5.89 Å². The first-order valence-corrected chi connectivity index (χ1v) is 4.88. The van der Waals surface area contributed by atoms with Crippen LogP contribution in [0.3, 0.4) is 0 Å². The molecule has 1 N–H and O–H groups in total. The van der Waals surface area contributed by atoms with Crippen molar-refractivity contribution < 1.29 is 4.42 Å². The number of piperazine rings is 1. The van der Waals surface area contributed by atoms with Crippen molar-refractivity contribution >= 4 is 6.01 Å². The van der Waals surface area contributed by atoms with Crippen molar-refractivity contribution in [2.45, 2.75) is 26.3 Å². The fraction of sp³-hybridized carbons (Fsp3) is 0.778. The Morgan fingerprint density at radius 1 is 1.43 bits per heavy atom. The smallest absolute Gasteiger partial charge is 0.318 e. The average Bonchev–Trinajstić information content (AvgIpc) is 2.51. The van der Waals surface area contributed by atoms with Gasteiger partial charge >= 0.3 is 6.01 Å². The summed E-state index contributed by atoms with van der Waals surface area (Å²) in [6.45, 7) is 8.96. The van der Waals surface area contributed by atoms with E-state index in [2.05, 4.69) is 34.3 Å². The second-order valence-electron chi connectivity index (χ2n) is 4.24. The lowest BCUT2D eigenvalue weighted by Gasteiger charge is -2.41. The monoisotopic (exact) mass is 196 g/mol. The molecule has 1 fully saturated rings. The molecular formula is C9H16N4O. The summed E-state index contributed by atoms with van der Waals surface area (Å²) in [5.41, 5.74) is 0.0389. The van der Waals surface area contributed by atoms with E-state index in [1.165, 1.54) is 0 Å². The molecule has 5 nitrogen and oxygen atoms in total. The van der Waals surface area contributed by atoms with Crippen molar-refractivity contribution in [3.63, 3.8) is 0 Å². The molecule has 78 valence electrons. The fourth-order valence-corrected chi connectivity index (χ4v) is 1.73. The zero-order valence-corrected chi connectivity index (χ0v) is 8.87. The largest absolute Gasteiger partial charge is 0.408 e. The van der Waals surface area contributed by atoms with E-state index in [4.69, 9.17) is 4.42 Å². The summed E-state index contributed by atoms with van der Waals surface area (Å²) in [4.78, 5) is 2.16. The third-order valence-electron chi connectivity index (χ3n) is 2.55. The zero-order chi connectivity index (χ0) is 10.2. The van der Waals surface area contributed by atoms with Gasteiger partial charge in [-0.2, -0.15) is 0 Å². The van der Waals surface area contributed by atoms with Crippen molar-refractivity contribution in [2.24, 2.45) is 0 Å². The Morgan fingerprint density at radius 2 is 2.21 bits per heavy atom. The Morgan fingerprint density at radius 3 is 2.79 bits per heavy atom. The van der Waals surface area contributed by atoms with Crippen LogP contribution < -0.4 is 10.2 Å². The van der Waals surface area contributed by atoms with Gasteiger partial charge in [0.05, 0.1) is 5.54 Å². The molecule has 0 atom stereocenters. The molecule has 1 aromatic rings. The Bertz CT molecular complexity index is 320. The molecule has 1 aliphatic heterocycles. The molecule has 1 aromatic heterocycles. The highest BCUT2D eigenvalue weighted by molar-refractivity contribution is 5.31. The van der Waals surface area contributed by atoms with Crippen LogP contribution in [0.15, 0.2) is 4.42 Å². The third-order valence-corrected chi connectivity index (χ3v) is 2.55. The van der Waals surface area contributed by atoms with E-state index in [0.29, 0.717) is 11.9 Å². The van der Waals surface area contributed by atoms with E-state index in [-0.39, 0.29) is 5.54 Å². The summed E-state index contributed by atoms with van der Waals surface area (Å²) >= 11 is 0. The van der Waals surface area contributed by atoms with Crippen LogP contribution >= 0.6 is 0 Å². The zero-order valence-electron chi connectivity index (χ0n) is 8.87. The Hall–Kier alpha value is -1.10. The second-order valence-corrected chi connectivity index (χ2v) is 4.24. The molecule has 0 spiro atoms. The van der Waals surface area contributed by atoms with Crippen molar-refractivity contribution in [2.75, 3.05) is 24.5 Å². The number of anilines is 1. The molecule has 0 bridgehead atoms. The molecule has 5 heteroatoms. The Kier molecular flexibility index (Phi) is 2.19. The Balaban J connectivity index is 2.23. The normalized spacial score (nSPS) is 21.2. The number of nitrogens with zero attached hydrogens (tertiary/aromatic N) is 3. The van der Waals surface area contributed by atoms with Crippen molar-refractivity contribution in [1.29, 1.82) is 0 Å². The van der Waals surface area contributed by atoms with E-state index < -0.39 is 0 Å². The third kappa shape index (κ3) is 1.59. The van der Waals surface area contributed by atoms with Crippen LogP contribution in [0.4, 0.5) is 6.01 Å². The molecule has 1 aliphatic rings. The van der Waals surface area contributed by atoms with Gasteiger partial charge in [0.1, 0.15) is 0 Å². The summed E-state index contributed by atoms with van der Waals surface area (Å²) in [6, 6.07) is 0.633. The maximum Gasteiger partial charge on any atom is 0.318 e. The minimum Gasteiger partial charge on any atom is -0.408 e. The minimum atomic E-state index is 0.0389. The molecule has 2 rings (SSSR count). The fourth-order valence-electron chi connectivity index (χ4n) is 1.73. The minimum absolute atomic E-state index is 0.0389. The molecule has 0 aliphatic carbocycles. The molecule has 0 aromatic carbocycles. The highest BCUT2D eigenvalue weighted by Crippen LogP contribution is 2.23. The number of rotatable bonds is 1. The molecule has 0 amide bonds. The van der Waals surface area contributed by atoms with Gasteiger partial charge in [-0.3, -0.25) is 0 Å². The molecular weight excluding hydrogens is 180 g/mol. The van der Waals surface area contributed by atoms with E-state index in [9.17, 15) is 0 Å². The highest BCUT2D eigenvalue weighted by atomic mass is 16.4. The first-order chi connectivity index (χ1) is 6.59. The number of hydrogen-bond donors (Lipinski definition) is 1. The molecule has 14 heavy (non-hydrogen) atoms. The van der Waals surface area contributed by atoms with Crippen LogP contribution in [0.25, 0.3) is 0 Å². The highest BCUT2D eigenvalue weighted by Gasteiger charge is 2.32. The summed E-state index contributed by atoms with van der Waals surface area (Å²) in [6.07, 6.45) is 0. The maximum absolute atomic E-state index is 5.43. The number of aromatic nitrogens is 2. The first-order valence-electron chi connectivity index (χ1n) is 4.88. The van der Waals surface area contributed by atoms with Crippen LogP contribution in [0, 0.1) is 6.92 Å². The first kappa shape index (κ1) is 9.45. The predicted octanol–water partition coefficient (Wildman–Crippen LogP) is 0.566. The molecule has 2 heterocycles. The molecule has 0 unspecified atom stereocenters. The van der Waals surface area contributed by atoms with E-state index in [1.807, 2.05) is 6.92 Å². The van der Waals surface area contributed by atoms with Gasteiger partial charge in [-0.25, -0.2) is 0 Å². The van der Waals surface area contributed by atoms with Crippen LogP contribution in [-0.2, 0) is 0 Å². The number of nitrogens with one attached hydrogen (secondary N) is 1. The van der Waals surface area contributed by atoms with Gasteiger partial charge in [0.25, 0.3) is 0 Å². The van der Waals surface area contributed by atoms with Crippen molar-refractivity contribution in [1.82, 2.24) is 15.5 Å². The SMILES string of the molecule is Cc1nnc(N2CCNCC2(C)C)o1. The lowest BCUT2D eigenvalue weighted by Crippen LogP contribution is -2.58. The van der Waals surface area contributed by atoms with Gasteiger partial charge in [0.15, 0.2) is 0 Å². The average molecular weight is 196 g/mol. The quantitative estimate of drug-likeness (QED) is 0.711. The van der Waals surface area contributed by atoms with Gasteiger partial charge in [-0.05, 0) is 13.8 Å². The van der Waals surface area contributed by atoms with E-state index >= 15 is 0 Å². The lowest BCUT2D eigenvalue weighted by atomic mass is 10.0. The number of hydrogen-bond acceptors (Lipinski definition) is 5. The van der Waals surface area contributed by atoms with Crippen LogP contribution in [0.2, 0.25) is 0 Å². The van der Waals surface area contributed by atoms with Crippen LogP contribution in [0.5, 0.6) is 0 Å². The predicted molar refractivity (Wildman–Crippen MR) is 53.3 cm³/mol. The number of aryl methyl sites for hydroxylation is 1. The van der Waals surface area contributed by atoms with Crippen molar-refractivity contribution in [3.8, 4) is 0 Å². The maximum atomic E-state index is 5.43. The van der Waals surface area contributed by atoms with Gasteiger partial charge in [-0.15, -0.1) is 5.10 Å².